The first-order valence-electron chi connectivity index (χ1n) is 7.88. The van der Waals surface area contributed by atoms with Crippen molar-refractivity contribution < 1.29 is 13.9 Å². The summed E-state index contributed by atoms with van der Waals surface area (Å²) in [7, 11) is 1.50. The van der Waals surface area contributed by atoms with Crippen molar-refractivity contribution in [1.29, 1.82) is 0 Å². The van der Waals surface area contributed by atoms with Crippen LogP contribution in [0.3, 0.4) is 0 Å². The Hall–Kier alpha value is -1.13. The maximum absolute atomic E-state index is 14.3. The molecule has 1 aromatic carbocycles. The Morgan fingerprint density at radius 3 is 3.00 bits per heavy atom. The van der Waals surface area contributed by atoms with Gasteiger partial charge in [0.05, 0.1) is 13.7 Å². The minimum absolute atomic E-state index is 0.236. The maximum Gasteiger partial charge on any atom is 0.168 e. The number of methoxy groups -OCH3 is 1. The highest BCUT2D eigenvalue weighted by atomic mass is 19.1. The Bertz CT molecular complexity index is 433. The zero-order chi connectivity index (χ0) is 15.1. The maximum atomic E-state index is 14.3. The smallest absolute Gasteiger partial charge is 0.168 e. The van der Waals surface area contributed by atoms with Gasteiger partial charge in [-0.25, -0.2) is 4.39 Å². The molecule has 1 fully saturated rings. The molecule has 1 saturated heterocycles. The largest absolute Gasteiger partial charge is 0.494 e. The monoisotopic (exact) mass is 295 g/mol. The lowest BCUT2D eigenvalue weighted by Crippen LogP contribution is -2.42. The number of nitrogens with one attached hydrogen (secondary N) is 1. The van der Waals surface area contributed by atoms with Crippen molar-refractivity contribution >= 4 is 0 Å². The van der Waals surface area contributed by atoms with Gasteiger partial charge in [-0.05, 0) is 49.8 Å². The highest BCUT2D eigenvalue weighted by Gasteiger charge is 2.25. The van der Waals surface area contributed by atoms with Crippen LogP contribution in [0, 0.1) is 11.7 Å². The topological polar surface area (TPSA) is 30.5 Å². The average Bonchev–Trinajstić information content (AvgIpc) is 2.53. The summed E-state index contributed by atoms with van der Waals surface area (Å²) in [5, 5.41) is 3.56. The second-order valence-corrected chi connectivity index (χ2v) is 5.68. The van der Waals surface area contributed by atoms with E-state index in [0.717, 1.165) is 39.0 Å². The molecule has 118 valence electrons. The van der Waals surface area contributed by atoms with Gasteiger partial charge in [-0.3, -0.25) is 0 Å². The molecule has 4 heteroatoms. The van der Waals surface area contributed by atoms with Crippen molar-refractivity contribution in [3.63, 3.8) is 0 Å². The number of hydrogen-bond donors (Lipinski definition) is 1. The summed E-state index contributed by atoms with van der Waals surface area (Å²) in [6.07, 6.45) is 3.99. The molecular formula is C17H26FNO2. The molecule has 1 aromatic rings. The van der Waals surface area contributed by atoms with E-state index < -0.39 is 0 Å². The van der Waals surface area contributed by atoms with Gasteiger partial charge in [-0.2, -0.15) is 0 Å². The van der Waals surface area contributed by atoms with Gasteiger partial charge in [0.25, 0.3) is 0 Å². The molecule has 1 N–H and O–H groups in total. The molecule has 21 heavy (non-hydrogen) atoms. The summed E-state index contributed by atoms with van der Waals surface area (Å²) in [5.41, 5.74) is 0.716. The third kappa shape index (κ3) is 4.42. The van der Waals surface area contributed by atoms with Crippen LogP contribution >= 0.6 is 0 Å². The minimum Gasteiger partial charge on any atom is -0.494 e. The van der Waals surface area contributed by atoms with E-state index in [1.807, 2.05) is 12.1 Å². The number of benzene rings is 1. The molecule has 0 saturated carbocycles. The van der Waals surface area contributed by atoms with E-state index in [4.69, 9.17) is 9.47 Å². The molecule has 2 atom stereocenters. The fraction of sp³-hybridized carbons (Fsp3) is 0.647. The van der Waals surface area contributed by atoms with E-state index in [-0.39, 0.29) is 11.9 Å². The lowest BCUT2D eigenvalue weighted by molar-refractivity contribution is 0.0392. The number of halogens is 1. The average molecular weight is 295 g/mol. The van der Waals surface area contributed by atoms with Gasteiger partial charge in [0.2, 0.25) is 0 Å². The molecule has 2 unspecified atom stereocenters. The zero-order valence-electron chi connectivity index (χ0n) is 13.0. The van der Waals surface area contributed by atoms with Gasteiger partial charge in [0.15, 0.2) is 11.6 Å². The van der Waals surface area contributed by atoms with E-state index in [1.165, 1.54) is 7.11 Å². The fourth-order valence-electron chi connectivity index (χ4n) is 2.93. The van der Waals surface area contributed by atoms with Crippen LogP contribution in [-0.4, -0.2) is 32.9 Å². The lowest BCUT2D eigenvalue weighted by Gasteiger charge is -2.31. The second kappa shape index (κ2) is 8.35. The van der Waals surface area contributed by atoms with Crippen LogP contribution < -0.4 is 10.1 Å². The third-order valence-electron chi connectivity index (χ3n) is 4.12. The highest BCUT2D eigenvalue weighted by Crippen LogP contribution is 2.25. The molecule has 0 bridgehead atoms. The molecule has 0 amide bonds. The van der Waals surface area contributed by atoms with Gasteiger partial charge in [0.1, 0.15) is 0 Å². The number of rotatable bonds is 7. The minimum atomic E-state index is -0.236. The Morgan fingerprint density at radius 2 is 2.33 bits per heavy atom. The molecule has 0 aromatic heterocycles. The van der Waals surface area contributed by atoms with Crippen LogP contribution in [0.5, 0.6) is 5.75 Å². The van der Waals surface area contributed by atoms with Crippen LogP contribution in [0.15, 0.2) is 18.2 Å². The van der Waals surface area contributed by atoms with Crippen LogP contribution in [0.25, 0.3) is 0 Å². The van der Waals surface area contributed by atoms with Crippen LogP contribution in [0.2, 0.25) is 0 Å². The first kappa shape index (κ1) is 16.2. The molecule has 3 nitrogen and oxygen atoms in total. The van der Waals surface area contributed by atoms with E-state index in [9.17, 15) is 4.39 Å². The standard InChI is InChI=1S/C17H26FNO2/c1-3-9-19-15(14-7-5-10-21-12-14)11-13-6-4-8-16(20-2)17(13)18/h4,6,8,14-15,19H,3,5,7,9-12H2,1-2H3. The molecule has 0 radical (unpaired) electrons. The van der Waals surface area contributed by atoms with Gasteiger partial charge >= 0.3 is 0 Å². The van der Waals surface area contributed by atoms with E-state index in [2.05, 4.69) is 12.2 Å². The van der Waals surface area contributed by atoms with Crippen LogP contribution in [-0.2, 0) is 11.2 Å². The number of hydrogen-bond acceptors (Lipinski definition) is 3. The highest BCUT2D eigenvalue weighted by molar-refractivity contribution is 5.31. The Balaban J connectivity index is 2.10. The molecule has 1 aliphatic heterocycles. The zero-order valence-corrected chi connectivity index (χ0v) is 13.0. The Labute approximate surface area is 126 Å². The van der Waals surface area contributed by atoms with Gasteiger partial charge < -0.3 is 14.8 Å². The summed E-state index contributed by atoms with van der Waals surface area (Å²) in [6.45, 7) is 4.72. The lowest BCUT2D eigenvalue weighted by atomic mass is 9.89. The normalized spacial score (nSPS) is 20.2. The van der Waals surface area contributed by atoms with Crippen molar-refractivity contribution in [3.8, 4) is 5.75 Å². The second-order valence-electron chi connectivity index (χ2n) is 5.68. The Kier molecular flexibility index (Phi) is 6.46. The van der Waals surface area contributed by atoms with Crippen molar-refractivity contribution in [2.45, 2.75) is 38.6 Å². The van der Waals surface area contributed by atoms with Crippen molar-refractivity contribution in [1.82, 2.24) is 5.32 Å². The molecule has 1 aliphatic rings. The predicted octanol–water partition coefficient (Wildman–Crippen LogP) is 3.17. The summed E-state index contributed by atoms with van der Waals surface area (Å²) < 4.78 is 25.0. The fourth-order valence-corrected chi connectivity index (χ4v) is 2.93. The van der Waals surface area contributed by atoms with Crippen molar-refractivity contribution in [2.24, 2.45) is 5.92 Å². The van der Waals surface area contributed by atoms with Gasteiger partial charge in [0, 0.05) is 12.6 Å². The molecule has 1 heterocycles. The van der Waals surface area contributed by atoms with Gasteiger partial charge in [-0.15, -0.1) is 0 Å². The Morgan fingerprint density at radius 1 is 1.48 bits per heavy atom. The summed E-state index contributed by atoms with van der Waals surface area (Å²) in [4.78, 5) is 0. The summed E-state index contributed by atoms with van der Waals surface area (Å²) in [6, 6.07) is 5.62. The molecule has 0 aliphatic carbocycles. The quantitative estimate of drug-likeness (QED) is 0.838. The first-order chi connectivity index (χ1) is 10.3. The van der Waals surface area contributed by atoms with Crippen molar-refractivity contribution in [3.05, 3.63) is 29.6 Å². The van der Waals surface area contributed by atoms with E-state index in [0.29, 0.717) is 23.7 Å². The van der Waals surface area contributed by atoms with E-state index in [1.54, 1.807) is 6.07 Å². The SMILES string of the molecule is CCCNC(Cc1cccc(OC)c1F)C1CCCOC1. The third-order valence-corrected chi connectivity index (χ3v) is 4.12. The van der Waals surface area contributed by atoms with Gasteiger partial charge in [-0.1, -0.05) is 19.1 Å². The van der Waals surface area contributed by atoms with Crippen LogP contribution in [0.4, 0.5) is 4.39 Å². The van der Waals surface area contributed by atoms with Crippen molar-refractivity contribution in [2.75, 3.05) is 26.9 Å². The molecule has 0 spiro atoms. The van der Waals surface area contributed by atoms with E-state index >= 15 is 0 Å². The van der Waals surface area contributed by atoms with Crippen LogP contribution in [0.1, 0.15) is 31.7 Å². The molecular weight excluding hydrogens is 269 g/mol. The molecule has 2 rings (SSSR count). The summed E-state index contributed by atoms with van der Waals surface area (Å²) >= 11 is 0. The first-order valence-corrected chi connectivity index (χ1v) is 7.88. The predicted molar refractivity (Wildman–Crippen MR) is 82.3 cm³/mol. The summed E-state index contributed by atoms with van der Waals surface area (Å²) in [5.74, 6) is 0.539. The number of ether oxygens (including phenoxy) is 2.